The molecule has 0 atom stereocenters. The summed E-state index contributed by atoms with van der Waals surface area (Å²) in [6.07, 6.45) is 3.46. The molecule has 0 aliphatic rings. The zero-order valence-electron chi connectivity index (χ0n) is 30.2. The molecule has 0 unspecified atom stereocenters. The van der Waals surface area contributed by atoms with Crippen LogP contribution in [0.25, 0.3) is 100 Å². The fraction of sp³-hybridized carbons (Fsp3) is 0. The molecule has 0 radical (unpaired) electrons. The number of aromatic nitrogens is 6. The van der Waals surface area contributed by atoms with Crippen molar-refractivity contribution in [1.82, 2.24) is 29.1 Å². The van der Waals surface area contributed by atoms with Gasteiger partial charge in [-0.25, -0.2) is 15.0 Å². The largest absolute Gasteiger partial charge is 0.309 e. The Hall–Kier alpha value is -7.70. The molecule has 0 aliphatic heterocycles. The van der Waals surface area contributed by atoms with Crippen molar-refractivity contribution in [3.63, 3.8) is 0 Å². The van der Waals surface area contributed by atoms with Crippen molar-refractivity contribution in [2.45, 2.75) is 0 Å². The molecule has 11 rings (SSSR count). The fourth-order valence-electron chi connectivity index (χ4n) is 8.13. The molecule has 0 spiro atoms. The van der Waals surface area contributed by atoms with E-state index in [0.29, 0.717) is 11.5 Å². The van der Waals surface area contributed by atoms with E-state index < -0.39 is 0 Å². The number of benzene rings is 7. The molecule has 0 saturated heterocycles. The van der Waals surface area contributed by atoms with E-state index >= 15 is 0 Å². The van der Waals surface area contributed by atoms with Crippen molar-refractivity contribution in [3.8, 4) is 56.7 Å². The lowest BCUT2D eigenvalue weighted by molar-refractivity contribution is 1.12. The first kappa shape index (κ1) is 31.8. The number of hydrogen-bond acceptors (Lipinski definition) is 4. The molecule has 262 valence electrons. The lowest BCUT2D eigenvalue weighted by Crippen LogP contribution is -2.00. The van der Waals surface area contributed by atoms with Crippen LogP contribution in [0.4, 0.5) is 0 Å². The molecule has 4 aromatic heterocycles. The normalized spacial score (nSPS) is 11.6. The first-order valence-corrected chi connectivity index (χ1v) is 18.7. The van der Waals surface area contributed by atoms with E-state index in [1.807, 2.05) is 42.5 Å². The summed E-state index contributed by atoms with van der Waals surface area (Å²) in [5.74, 6) is 0.527. The molecule has 6 heteroatoms. The average Bonchev–Trinajstić information content (AvgIpc) is 3.79. The summed E-state index contributed by atoms with van der Waals surface area (Å²) in [5.41, 5.74) is 12.8. The highest BCUT2D eigenvalue weighted by Crippen LogP contribution is 2.38. The molecule has 0 bridgehead atoms. The summed E-state index contributed by atoms with van der Waals surface area (Å²) in [4.78, 5) is 19.9. The van der Waals surface area contributed by atoms with E-state index in [4.69, 9.17) is 19.9 Å². The van der Waals surface area contributed by atoms with Gasteiger partial charge in [0.1, 0.15) is 5.69 Å². The monoisotopic (exact) mass is 716 g/mol. The van der Waals surface area contributed by atoms with Gasteiger partial charge in [-0.15, -0.1) is 0 Å². The Morgan fingerprint density at radius 3 is 1.27 bits per heavy atom. The van der Waals surface area contributed by atoms with Gasteiger partial charge in [-0.2, -0.15) is 0 Å². The lowest BCUT2D eigenvalue weighted by Gasteiger charge is -2.12. The minimum absolute atomic E-state index is 0.527. The minimum Gasteiger partial charge on any atom is -0.309 e. The van der Waals surface area contributed by atoms with Crippen LogP contribution >= 0.6 is 0 Å². The summed E-state index contributed by atoms with van der Waals surface area (Å²) in [6.45, 7) is 0. The van der Waals surface area contributed by atoms with Gasteiger partial charge in [0.15, 0.2) is 5.82 Å². The van der Waals surface area contributed by atoms with Gasteiger partial charge in [0.2, 0.25) is 0 Å². The highest BCUT2D eigenvalue weighted by atomic mass is 15.0. The van der Waals surface area contributed by atoms with Gasteiger partial charge >= 0.3 is 0 Å². The van der Waals surface area contributed by atoms with Crippen molar-refractivity contribution >= 4 is 43.6 Å². The van der Waals surface area contributed by atoms with Crippen LogP contribution in [0, 0.1) is 0 Å². The van der Waals surface area contributed by atoms with E-state index in [-0.39, 0.29) is 0 Å². The molecule has 7 aromatic carbocycles. The van der Waals surface area contributed by atoms with Gasteiger partial charge in [-0.1, -0.05) is 121 Å². The second-order valence-corrected chi connectivity index (χ2v) is 13.9. The number of fused-ring (bicyclic) bond motifs is 6. The summed E-state index contributed by atoms with van der Waals surface area (Å²) < 4.78 is 4.70. The Kier molecular flexibility index (Phi) is 7.38. The van der Waals surface area contributed by atoms with Gasteiger partial charge in [-0.3, -0.25) is 4.98 Å². The zero-order chi connectivity index (χ0) is 37.0. The molecule has 0 saturated carbocycles. The third-order valence-corrected chi connectivity index (χ3v) is 10.7. The zero-order valence-corrected chi connectivity index (χ0v) is 30.2. The minimum atomic E-state index is 0.527. The molecule has 0 fully saturated rings. The third kappa shape index (κ3) is 5.19. The van der Waals surface area contributed by atoms with Crippen molar-refractivity contribution < 1.29 is 0 Å². The van der Waals surface area contributed by atoms with Crippen LogP contribution in [0.5, 0.6) is 0 Å². The molecule has 6 nitrogen and oxygen atoms in total. The maximum Gasteiger partial charge on any atom is 0.181 e. The van der Waals surface area contributed by atoms with Crippen LogP contribution in [0.15, 0.2) is 194 Å². The fourth-order valence-corrected chi connectivity index (χ4v) is 8.13. The van der Waals surface area contributed by atoms with Crippen LogP contribution in [0.3, 0.4) is 0 Å². The summed E-state index contributed by atoms with van der Waals surface area (Å²) >= 11 is 0. The Bertz CT molecular complexity index is 3130. The quantitative estimate of drug-likeness (QED) is 0.172. The Labute approximate surface area is 322 Å². The summed E-state index contributed by atoms with van der Waals surface area (Å²) in [7, 11) is 0. The predicted octanol–water partition coefficient (Wildman–Crippen LogP) is 12.1. The highest BCUT2D eigenvalue weighted by Gasteiger charge is 2.19. The molecule has 0 amide bonds. The molecule has 4 heterocycles. The Morgan fingerprint density at radius 1 is 0.321 bits per heavy atom. The van der Waals surface area contributed by atoms with Crippen LogP contribution < -0.4 is 0 Å². The Morgan fingerprint density at radius 2 is 0.750 bits per heavy atom. The molecule has 0 aliphatic carbocycles. The standard InChI is InChI=1S/C50H32N6/c1-3-13-33(14-4-1)42-32-43(34-15-5-2-6-16-34)54-50(53-42)49-48(51-29-30-52-49)35-23-28-47-41(31-35)40-19-9-12-22-46(40)56(47)37-26-24-36(25-27-37)55-44-20-10-7-17-38(44)39-18-8-11-21-45(39)55/h1-32H. The molecular weight excluding hydrogens is 685 g/mol. The van der Waals surface area contributed by atoms with E-state index in [0.717, 1.165) is 67.0 Å². The highest BCUT2D eigenvalue weighted by molar-refractivity contribution is 6.11. The first-order chi connectivity index (χ1) is 27.8. The predicted molar refractivity (Wildman–Crippen MR) is 228 cm³/mol. The third-order valence-electron chi connectivity index (χ3n) is 10.7. The SMILES string of the molecule is c1ccc(-c2cc(-c3ccccc3)nc(-c3nccnc3-c3ccc4c(c3)c3ccccc3n4-c3ccc(-n4c5ccccc5c5ccccc54)cc3)n2)cc1. The van der Waals surface area contributed by atoms with E-state index in [9.17, 15) is 0 Å². The molecule has 56 heavy (non-hydrogen) atoms. The van der Waals surface area contributed by atoms with Crippen LogP contribution in [0.1, 0.15) is 0 Å². The van der Waals surface area contributed by atoms with Crippen molar-refractivity contribution in [3.05, 3.63) is 194 Å². The van der Waals surface area contributed by atoms with Gasteiger partial charge in [0.25, 0.3) is 0 Å². The van der Waals surface area contributed by atoms with E-state index in [1.165, 1.54) is 21.8 Å². The molecule has 11 aromatic rings. The van der Waals surface area contributed by atoms with Crippen LogP contribution in [-0.2, 0) is 0 Å². The van der Waals surface area contributed by atoms with Gasteiger partial charge in [0, 0.05) is 62.0 Å². The van der Waals surface area contributed by atoms with Crippen LogP contribution in [-0.4, -0.2) is 29.1 Å². The lowest BCUT2D eigenvalue weighted by atomic mass is 10.0. The average molecular weight is 717 g/mol. The molecule has 0 N–H and O–H groups in total. The van der Waals surface area contributed by atoms with Crippen molar-refractivity contribution in [2.24, 2.45) is 0 Å². The number of hydrogen-bond donors (Lipinski definition) is 0. The smallest absolute Gasteiger partial charge is 0.181 e. The van der Waals surface area contributed by atoms with Crippen molar-refractivity contribution in [1.29, 1.82) is 0 Å². The number of nitrogens with zero attached hydrogens (tertiary/aromatic N) is 6. The maximum atomic E-state index is 5.08. The number of para-hydroxylation sites is 3. The van der Waals surface area contributed by atoms with Crippen LogP contribution in [0.2, 0.25) is 0 Å². The Balaban J connectivity index is 1.04. The van der Waals surface area contributed by atoms with Crippen molar-refractivity contribution in [2.75, 3.05) is 0 Å². The summed E-state index contributed by atoms with van der Waals surface area (Å²) in [5, 5.41) is 4.80. The maximum absolute atomic E-state index is 5.08. The van der Waals surface area contributed by atoms with E-state index in [2.05, 4.69) is 149 Å². The second-order valence-electron chi connectivity index (χ2n) is 13.9. The summed E-state index contributed by atoms with van der Waals surface area (Å²) in [6, 6.07) is 63.8. The second kappa shape index (κ2) is 13.0. The molecular formula is C50H32N6. The van der Waals surface area contributed by atoms with Gasteiger partial charge < -0.3 is 9.13 Å². The van der Waals surface area contributed by atoms with E-state index in [1.54, 1.807) is 12.4 Å². The topological polar surface area (TPSA) is 61.4 Å². The van der Waals surface area contributed by atoms with Gasteiger partial charge in [-0.05, 0) is 60.7 Å². The number of rotatable bonds is 6. The first-order valence-electron chi connectivity index (χ1n) is 18.7. The van der Waals surface area contributed by atoms with Gasteiger partial charge in [0.05, 0.1) is 39.1 Å².